The van der Waals surface area contributed by atoms with Crippen LogP contribution in [0.15, 0.2) is 58.6 Å². The van der Waals surface area contributed by atoms with Crippen molar-refractivity contribution in [2.45, 2.75) is 0 Å². The number of nitriles is 2. The van der Waals surface area contributed by atoms with E-state index < -0.39 is 5.97 Å². The monoisotopic (exact) mass is 352 g/mol. The van der Waals surface area contributed by atoms with E-state index in [-0.39, 0.29) is 5.57 Å². The predicted octanol–water partition coefficient (Wildman–Crippen LogP) is 4.10. The minimum Gasteiger partial charge on any atom is -0.423 e. The summed E-state index contributed by atoms with van der Waals surface area (Å²) in [6.07, 6.45) is 1.46. The van der Waals surface area contributed by atoms with Gasteiger partial charge >= 0.3 is 5.97 Å². The number of hydrogen-bond acceptors (Lipinski definition) is 4. The van der Waals surface area contributed by atoms with Crippen LogP contribution in [0.4, 0.5) is 0 Å². The third-order valence-electron chi connectivity index (χ3n) is 2.72. The molecule has 0 N–H and O–H groups in total. The van der Waals surface area contributed by atoms with Gasteiger partial charge in [-0.3, -0.25) is 0 Å². The number of benzene rings is 2. The molecule has 0 radical (unpaired) electrons. The Hall–Kier alpha value is -2.89. The molecule has 0 saturated carbocycles. The number of hydrogen-bond donors (Lipinski definition) is 0. The Balaban J connectivity index is 2.10. The van der Waals surface area contributed by atoms with E-state index in [2.05, 4.69) is 15.9 Å². The standard InChI is InChI=1S/C17H9BrN2O2/c18-15-5-3-14(4-6-15)17(21)22-16-7-1-12(2-8-16)9-13(10-19)11-20/h1-9H. The molecule has 0 fully saturated rings. The van der Waals surface area contributed by atoms with Crippen LogP contribution in [-0.4, -0.2) is 5.97 Å². The Morgan fingerprint density at radius 1 is 1.00 bits per heavy atom. The lowest BCUT2D eigenvalue weighted by Gasteiger charge is -2.04. The molecule has 0 aliphatic rings. The first-order valence-corrected chi connectivity index (χ1v) is 7.01. The molecule has 0 aromatic heterocycles. The van der Waals surface area contributed by atoms with Crippen molar-refractivity contribution < 1.29 is 9.53 Å². The highest BCUT2D eigenvalue weighted by Crippen LogP contribution is 2.17. The smallest absolute Gasteiger partial charge is 0.343 e. The van der Waals surface area contributed by atoms with Crippen LogP contribution in [0.3, 0.4) is 0 Å². The maximum Gasteiger partial charge on any atom is 0.343 e. The molecule has 0 spiro atoms. The van der Waals surface area contributed by atoms with Crippen molar-refractivity contribution in [1.82, 2.24) is 0 Å². The van der Waals surface area contributed by atoms with E-state index in [1.165, 1.54) is 6.08 Å². The fourth-order valence-electron chi connectivity index (χ4n) is 1.64. The van der Waals surface area contributed by atoms with Crippen molar-refractivity contribution in [2.24, 2.45) is 0 Å². The van der Waals surface area contributed by atoms with Gasteiger partial charge in [-0.25, -0.2) is 4.79 Å². The van der Waals surface area contributed by atoms with Crippen LogP contribution in [0, 0.1) is 22.7 Å². The Bertz CT molecular complexity index is 779. The van der Waals surface area contributed by atoms with E-state index in [9.17, 15) is 4.79 Å². The predicted molar refractivity (Wildman–Crippen MR) is 84.7 cm³/mol. The molecule has 0 atom stereocenters. The number of carbonyl (C=O) groups is 1. The van der Waals surface area contributed by atoms with Gasteiger partial charge in [0.1, 0.15) is 23.5 Å². The second kappa shape index (κ2) is 7.21. The number of carbonyl (C=O) groups excluding carboxylic acids is 1. The summed E-state index contributed by atoms with van der Waals surface area (Å²) in [6, 6.07) is 17.0. The summed E-state index contributed by atoms with van der Waals surface area (Å²) in [7, 11) is 0. The summed E-state index contributed by atoms with van der Waals surface area (Å²) in [4.78, 5) is 11.9. The zero-order chi connectivity index (χ0) is 15.9. The molecular formula is C17H9BrN2O2. The largest absolute Gasteiger partial charge is 0.423 e. The molecule has 0 aliphatic carbocycles. The van der Waals surface area contributed by atoms with Gasteiger partial charge in [0.2, 0.25) is 0 Å². The first kappa shape index (κ1) is 15.5. The fourth-order valence-corrected chi connectivity index (χ4v) is 1.90. The number of rotatable bonds is 3. The van der Waals surface area contributed by atoms with Crippen LogP contribution in [0.5, 0.6) is 5.75 Å². The summed E-state index contributed by atoms with van der Waals surface area (Å²) in [5.41, 5.74) is 1.14. The van der Waals surface area contributed by atoms with Gasteiger partial charge in [-0.1, -0.05) is 28.1 Å². The average molecular weight is 353 g/mol. The molecule has 4 nitrogen and oxygen atoms in total. The molecule has 0 amide bonds. The zero-order valence-corrected chi connectivity index (χ0v) is 12.9. The van der Waals surface area contributed by atoms with Gasteiger partial charge < -0.3 is 4.74 Å². The highest BCUT2D eigenvalue weighted by molar-refractivity contribution is 9.10. The van der Waals surface area contributed by atoms with Gasteiger partial charge in [-0.05, 0) is 48.0 Å². The van der Waals surface area contributed by atoms with Crippen LogP contribution >= 0.6 is 15.9 Å². The summed E-state index contributed by atoms with van der Waals surface area (Å²) in [5, 5.41) is 17.4. The quantitative estimate of drug-likeness (QED) is 0.473. The molecule has 0 heterocycles. The molecule has 0 aliphatic heterocycles. The Morgan fingerprint density at radius 3 is 2.14 bits per heavy atom. The summed E-state index contributed by atoms with van der Waals surface area (Å²) >= 11 is 3.30. The second-order valence-corrected chi connectivity index (χ2v) is 5.16. The molecule has 0 bridgehead atoms. The second-order valence-electron chi connectivity index (χ2n) is 4.25. The fraction of sp³-hybridized carbons (Fsp3) is 0. The summed E-state index contributed by atoms with van der Waals surface area (Å²) in [5.74, 6) is -0.0638. The van der Waals surface area contributed by atoms with Crippen molar-refractivity contribution in [3.63, 3.8) is 0 Å². The minimum atomic E-state index is -0.453. The topological polar surface area (TPSA) is 73.9 Å². The Morgan fingerprint density at radius 2 is 1.59 bits per heavy atom. The first-order valence-electron chi connectivity index (χ1n) is 6.22. The molecule has 0 saturated heterocycles. The molecule has 2 aromatic carbocycles. The number of nitrogens with zero attached hydrogens (tertiary/aromatic N) is 2. The van der Waals surface area contributed by atoms with E-state index in [0.717, 1.165) is 4.47 Å². The third-order valence-corrected chi connectivity index (χ3v) is 3.25. The van der Waals surface area contributed by atoms with E-state index in [4.69, 9.17) is 15.3 Å². The van der Waals surface area contributed by atoms with Crippen molar-refractivity contribution >= 4 is 28.0 Å². The van der Waals surface area contributed by atoms with E-state index in [1.807, 2.05) is 0 Å². The Labute approximate surface area is 136 Å². The third kappa shape index (κ3) is 4.05. The van der Waals surface area contributed by atoms with Crippen molar-refractivity contribution in [2.75, 3.05) is 0 Å². The van der Waals surface area contributed by atoms with Gasteiger partial charge in [-0.15, -0.1) is 0 Å². The van der Waals surface area contributed by atoms with Gasteiger partial charge in [0.25, 0.3) is 0 Å². The van der Waals surface area contributed by atoms with Crippen LogP contribution < -0.4 is 4.74 Å². The van der Waals surface area contributed by atoms with E-state index >= 15 is 0 Å². The number of allylic oxidation sites excluding steroid dienone is 1. The number of ether oxygens (including phenoxy) is 1. The summed E-state index contributed by atoms with van der Waals surface area (Å²) < 4.78 is 6.13. The van der Waals surface area contributed by atoms with E-state index in [0.29, 0.717) is 16.9 Å². The highest BCUT2D eigenvalue weighted by atomic mass is 79.9. The lowest BCUT2D eigenvalue weighted by molar-refractivity contribution is 0.0735. The lowest BCUT2D eigenvalue weighted by Crippen LogP contribution is -2.08. The summed E-state index contributed by atoms with van der Waals surface area (Å²) in [6.45, 7) is 0. The lowest BCUT2D eigenvalue weighted by atomic mass is 10.1. The molecule has 22 heavy (non-hydrogen) atoms. The van der Waals surface area contributed by atoms with Crippen LogP contribution in [0.2, 0.25) is 0 Å². The molecule has 2 rings (SSSR count). The maximum absolute atomic E-state index is 11.9. The number of halogens is 1. The van der Waals surface area contributed by atoms with Crippen LogP contribution in [0.25, 0.3) is 6.08 Å². The normalized spacial score (nSPS) is 9.23. The SMILES string of the molecule is N#CC(C#N)=Cc1ccc(OC(=O)c2ccc(Br)cc2)cc1. The van der Waals surface area contributed by atoms with E-state index in [1.54, 1.807) is 60.7 Å². The molecule has 5 heteroatoms. The van der Waals surface area contributed by atoms with Crippen molar-refractivity contribution in [1.29, 1.82) is 10.5 Å². The van der Waals surface area contributed by atoms with Gasteiger partial charge in [0, 0.05) is 4.47 Å². The molecule has 106 valence electrons. The first-order chi connectivity index (χ1) is 10.6. The van der Waals surface area contributed by atoms with Crippen molar-refractivity contribution in [3.05, 3.63) is 69.7 Å². The molecular weight excluding hydrogens is 344 g/mol. The van der Waals surface area contributed by atoms with Crippen LogP contribution in [0.1, 0.15) is 15.9 Å². The minimum absolute atomic E-state index is 0.0135. The average Bonchev–Trinajstić information content (AvgIpc) is 2.54. The molecule has 0 unspecified atom stereocenters. The molecule has 2 aromatic rings. The van der Waals surface area contributed by atoms with Gasteiger partial charge in [0.05, 0.1) is 5.56 Å². The Kier molecular flexibility index (Phi) is 5.08. The highest BCUT2D eigenvalue weighted by Gasteiger charge is 2.08. The zero-order valence-electron chi connectivity index (χ0n) is 11.3. The number of esters is 1. The van der Waals surface area contributed by atoms with Crippen molar-refractivity contribution in [3.8, 4) is 17.9 Å². The maximum atomic E-state index is 11.9. The van der Waals surface area contributed by atoms with Gasteiger partial charge in [-0.2, -0.15) is 10.5 Å². The van der Waals surface area contributed by atoms with Crippen LogP contribution in [-0.2, 0) is 0 Å². The van der Waals surface area contributed by atoms with Gasteiger partial charge in [0.15, 0.2) is 0 Å².